The van der Waals surface area contributed by atoms with Crippen LogP contribution in [0.2, 0.25) is 0 Å². The number of carbonyl (C=O) groups is 2. The van der Waals surface area contributed by atoms with Gasteiger partial charge >= 0.3 is 6.18 Å². The van der Waals surface area contributed by atoms with Crippen molar-refractivity contribution in [3.63, 3.8) is 0 Å². The monoisotopic (exact) mass is 811 g/mol. The Morgan fingerprint density at radius 2 is 1.75 bits per heavy atom. The van der Waals surface area contributed by atoms with Crippen molar-refractivity contribution in [3.05, 3.63) is 70.5 Å². The van der Waals surface area contributed by atoms with Crippen LogP contribution in [0.15, 0.2) is 42.6 Å². The van der Waals surface area contributed by atoms with E-state index in [0.717, 1.165) is 78.3 Å². The summed E-state index contributed by atoms with van der Waals surface area (Å²) in [7, 11) is -0.872. The number of ether oxygens (including phenoxy) is 2. The third-order valence-corrected chi connectivity index (χ3v) is 12.7. The van der Waals surface area contributed by atoms with Crippen molar-refractivity contribution in [1.82, 2.24) is 24.4 Å². The smallest absolute Gasteiger partial charge is 0.408 e. The molecule has 0 saturated heterocycles. The Bertz CT molecular complexity index is 2250. The molecule has 0 bridgehead atoms. The zero-order chi connectivity index (χ0) is 41.1. The number of methoxy groups -OCH3 is 2. The van der Waals surface area contributed by atoms with Crippen LogP contribution in [0.5, 0.6) is 5.75 Å². The van der Waals surface area contributed by atoms with Gasteiger partial charge in [-0.25, -0.2) is 13.1 Å². The molecule has 2 N–H and O–H groups in total. The molecule has 2 amide bonds. The number of amides is 2. The number of halogens is 3. The summed E-state index contributed by atoms with van der Waals surface area (Å²) in [6.45, 7) is 3.83. The summed E-state index contributed by atoms with van der Waals surface area (Å²) in [6, 6.07) is 10.3. The van der Waals surface area contributed by atoms with Gasteiger partial charge in [-0.05, 0) is 92.1 Å². The largest absolute Gasteiger partial charge is 0.497 e. The van der Waals surface area contributed by atoms with Gasteiger partial charge in [0.1, 0.15) is 12.3 Å². The van der Waals surface area contributed by atoms with E-state index in [1.165, 1.54) is 34.3 Å². The second-order valence-electron chi connectivity index (χ2n) is 15.4. The summed E-state index contributed by atoms with van der Waals surface area (Å²) < 4.78 is 84.2. The first kappa shape index (κ1) is 42.0. The zero-order valence-electron chi connectivity index (χ0n) is 33.2. The van der Waals surface area contributed by atoms with Crippen LogP contribution in [0.3, 0.4) is 0 Å². The van der Waals surface area contributed by atoms with Gasteiger partial charge < -0.3 is 19.4 Å². The predicted molar refractivity (Wildman–Crippen MR) is 215 cm³/mol. The topological polar surface area (TPSA) is 134 Å². The highest BCUT2D eigenvalue weighted by Gasteiger charge is 2.35. The standard InChI is InChI=1S/C42H52F3N5O6S/c1-6-7-9-14-31(24-55-4)47-41(52)35-22-46-50(25-42(43,44)45)38(35)30-19-29-20-32(56-5)16-18-33(29)39-37(27-12-10-8-11-13-27)34-17-15-28(21-36(34)49(39)23-30)40(51)48-57(53,54)26(2)3/h15-22,26-27,31H,6-14,23-25H2,1-5H3,(H,47,52)(H,48,51). The van der Waals surface area contributed by atoms with Gasteiger partial charge in [-0.2, -0.15) is 18.3 Å². The molecule has 11 nitrogen and oxygen atoms in total. The van der Waals surface area contributed by atoms with E-state index in [-0.39, 0.29) is 41.9 Å². The molecule has 4 aromatic rings. The van der Waals surface area contributed by atoms with Gasteiger partial charge in [-0.1, -0.05) is 51.5 Å². The molecular formula is C42H52F3N5O6S. The van der Waals surface area contributed by atoms with Crippen LogP contribution < -0.4 is 14.8 Å². The second-order valence-corrected chi connectivity index (χ2v) is 17.6. The van der Waals surface area contributed by atoms with Crippen molar-refractivity contribution in [2.45, 2.75) is 115 Å². The summed E-state index contributed by atoms with van der Waals surface area (Å²) in [4.78, 5) is 27.6. The van der Waals surface area contributed by atoms with E-state index >= 15 is 0 Å². The number of hydrogen-bond donors (Lipinski definition) is 2. The maximum Gasteiger partial charge on any atom is 0.408 e. The maximum atomic E-state index is 14.2. The Labute approximate surface area is 332 Å². The zero-order valence-corrected chi connectivity index (χ0v) is 34.0. The van der Waals surface area contributed by atoms with E-state index in [2.05, 4.69) is 22.1 Å². The van der Waals surface area contributed by atoms with Gasteiger partial charge in [0.15, 0.2) is 0 Å². The number of nitrogens with one attached hydrogen (secondary N) is 2. The van der Waals surface area contributed by atoms with Crippen LogP contribution in [0.4, 0.5) is 13.2 Å². The molecule has 0 spiro atoms. The Kier molecular flexibility index (Phi) is 12.9. The van der Waals surface area contributed by atoms with Crippen molar-refractivity contribution < 1.29 is 40.7 Å². The second kappa shape index (κ2) is 17.5. The number of fused-ring (bicyclic) bond motifs is 5. The van der Waals surface area contributed by atoms with Crippen LogP contribution in [0.25, 0.3) is 33.8 Å². The number of allylic oxidation sites excluding steroid dienone is 1. The van der Waals surface area contributed by atoms with Crippen molar-refractivity contribution in [2.75, 3.05) is 20.8 Å². The van der Waals surface area contributed by atoms with Crippen LogP contribution in [0.1, 0.15) is 122 Å². The first-order valence-corrected chi connectivity index (χ1v) is 21.2. The number of rotatable bonds is 15. The fourth-order valence-corrected chi connectivity index (χ4v) is 8.73. The Balaban J connectivity index is 1.58. The van der Waals surface area contributed by atoms with Crippen LogP contribution in [0, 0.1) is 0 Å². The van der Waals surface area contributed by atoms with Gasteiger partial charge in [0.25, 0.3) is 11.8 Å². The molecule has 1 fully saturated rings. The van der Waals surface area contributed by atoms with Crippen LogP contribution in [-0.2, 0) is 27.8 Å². The van der Waals surface area contributed by atoms with E-state index < -0.39 is 39.8 Å². The lowest BCUT2D eigenvalue weighted by atomic mass is 9.81. The van der Waals surface area contributed by atoms with Gasteiger partial charge in [0.2, 0.25) is 10.0 Å². The van der Waals surface area contributed by atoms with Crippen LogP contribution in [-0.4, -0.2) is 72.9 Å². The number of sulfonamides is 1. The van der Waals surface area contributed by atoms with Gasteiger partial charge in [-0.3, -0.25) is 14.3 Å². The molecule has 308 valence electrons. The normalized spacial score (nSPS) is 15.5. The fraction of sp³-hybridized carbons (Fsp3) is 0.500. The van der Waals surface area contributed by atoms with Crippen molar-refractivity contribution >= 4 is 44.4 Å². The number of aromatic nitrogens is 3. The minimum absolute atomic E-state index is 0.00669. The molecule has 1 aliphatic carbocycles. The Morgan fingerprint density at radius 3 is 2.42 bits per heavy atom. The van der Waals surface area contributed by atoms with Crippen molar-refractivity contribution in [2.24, 2.45) is 0 Å². The van der Waals surface area contributed by atoms with Crippen LogP contribution >= 0.6 is 0 Å². The molecule has 0 radical (unpaired) electrons. The molecule has 57 heavy (non-hydrogen) atoms. The lowest BCUT2D eigenvalue weighted by Crippen LogP contribution is -2.38. The Hall–Kier alpha value is -4.63. The first-order valence-electron chi connectivity index (χ1n) is 19.7. The first-order chi connectivity index (χ1) is 27.1. The van der Waals surface area contributed by atoms with E-state index in [9.17, 15) is 31.2 Å². The summed E-state index contributed by atoms with van der Waals surface area (Å²) >= 11 is 0. The number of hydrogen-bond acceptors (Lipinski definition) is 7. The number of nitrogens with zero attached hydrogens (tertiary/aromatic N) is 3. The lowest BCUT2D eigenvalue weighted by molar-refractivity contribution is -0.142. The van der Waals surface area contributed by atoms with E-state index in [0.29, 0.717) is 28.8 Å². The molecule has 2 aliphatic rings. The summed E-state index contributed by atoms with van der Waals surface area (Å²) in [5, 5.41) is 7.16. The number of unbranched alkanes of at least 4 members (excludes halogenated alkanes) is 2. The molecule has 1 aliphatic heterocycles. The molecule has 15 heteroatoms. The van der Waals surface area contributed by atoms with Gasteiger partial charge in [0.05, 0.1) is 54.7 Å². The minimum atomic E-state index is -4.66. The molecule has 1 unspecified atom stereocenters. The van der Waals surface area contributed by atoms with Gasteiger partial charge in [-0.15, -0.1) is 0 Å². The molecule has 2 aromatic carbocycles. The van der Waals surface area contributed by atoms with E-state index in [4.69, 9.17) is 9.47 Å². The maximum absolute atomic E-state index is 14.2. The molecular weight excluding hydrogens is 760 g/mol. The summed E-state index contributed by atoms with van der Waals surface area (Å²) in [5.41, 5.74) is 4.48. The predicted octanol–water partition coefficient (Wildman–Crippen LogP) is 8.47. The Morgan fingerprint density at radius 1 is 1.00 bits per heavy atom. The van der Waals surface area contributed by atoms with Crippen molar-refractivity contribution in [3.8, 4) is 17.0 Å². The number of alkyl halides is 3. The van der Waals surface area contributed by atoms with Gasteiger partial charge in [0, 0.05) is 29.1 Å². The van der Waals surface area contributed by atoms with E-state index in [1.54, 1.807) is 18.2 Å². The number of benzene rings is 2. The minimum Gasteiger partial charge on any atom is -0.497 e. The molecule has 2 aromatic heterocycles. The quantitative estimate of drug-likeness (QED) is 0.115. The SMILES string of the molecule is CCCCCC(COC)NC(=O)c1cnn(CC(F)(F)F)c1C1=Cc2cc(OC)ccc2-c2c(C3CCCCC3)c3ccc(C(=O)NS(=O)(=O)C(C)C)cc3n2C1. The third-order valence-electron chi connectivity index (χ3n) is 11.0. The van der Waals surface area contributed by atoms with E-state index in [1.807, 2.05) is 28.8 Å². The third kappa shape index (κ3) is 9.25. The summed E-state index contributed by atoms with van der Waals surface area (Å²) in [6.07, 6.45) is 6.74. The molecule has 1 saturated carbocycles. The highest BCUT2D eigenvalue weighted by atomic mass is 32.2. The molecule has 3 heterocycles. The highest BCUT2D eigenvalue weighted by Crippen LogP contribution is 2.48. The lowest BCUT2D eigenvalue weighted by Gasteiger charge is -2.24. The summed E-state index contributed by atoms with van der Waals surface area (Å²) in [5.74, 6) is -0.673. The van der Waals surface area contributed by atoms with Crippen molar-refractivity contribution in [1.29, 1.82) is 0 Å². The highest BCUT2D eigenvalue weighted by molar-refractivity contribution is 7.90. The number of carbonyl (C=O) groups excluding carboxylic acids is 2. The molecule has 1 atom stereocenters. The average molecular weight is 812 g/mol. The molecule has 6 rings (SSSR count). The fourth-order valence-electron chi connectivity index (χ4n) is 8.11. The average Bonchev–Trinajstić information content (AvgIpc) is 3.67.